The third-order valence-electron chi connectivity index (χ3n) is 6.73. The van der Waals surface area contributed by atoms with Crippen LogP contribution in [0.25, 0.3) is 11.1 Å². The minimum absolute atomic E-state index is 0.0162. The summed E-state index contributed by atoms with van der Waals surface area (Å²) < 4.78 is 17.4. The third-order valence-corrected chi connectivity index (χ3v) is 7.02. The maximum absolute atomic E-state index is 13.1. The van der Waals surface area contributed by atoms with Crippen molar-refractivity contribution in [2.75, 3.05) is 6.61 Å². The van der Waals surface area contributed by atoms with Gasteiger partial charge in [0.05, 0.1) is 16.2 Å². The number of hydrogen-bond donors (Lipinski definition) is 1. The molecule has 3 aromatic rings. The number of ether oxygens (including phenoxy) is 3. The number of ketones is 1. The fourth-order valence-corrected chi connectivity index (χ4v) is 5.76. The maximum atomic E-state index is 13.1. The third kappa shape index (κ3) is 7.20. The molecule has 208 valence electrons. The van der Waals surface area contributed by atoms with E-state index in [0.29, 0.717) is 40.4 Å². The van der Waals surface area contributed by atoms with Gasteiger partial charge in [-0.15, -0.1) is 0 Å². The van der Waals surface area contributed by atoms with Crippen molar-refractivity contribution >= 4 is 23.4 Å². The van der Waals surface area contributed by atoms with Crippen LogP contribution >= 0.6 is 11.6 Å². The standard InChI is InChI=1S/C32H32ClNO6/c1-31(2)16-20(17-32(3,4)40-31)14-27(35)22-10-13-29(26(33)15-22)39-28-7-5-6-24(25(28)18-34)21-8-11-23(12-9-21)38-19-30(36)37/h5-13,15,20H,14,16-17,19H2,1-4H3,(H,36,37). The number of Topliss-reactive ketones (excluding diaryl/α,β-unsaturated/α-hetero) is 1. The van der Waals surface area contributed by atoms with E-state index < -0.39 is 12.6 Å². The fourth-order valence-electron chi connectivity index (χ4n) is 5.54. The van der Waals surface area contributed by atoms with Crippen LogP contribution in [0.4, 0.5) is 0 Å². The van der Waals surface area contributed by atoms with Crippen molar-refractivity contribution in [2.45, 2.75) is 58.2 Å². The van der Waals surface area contributed by atoms with Crippen LogP contribution in [0.5, 0.6) is 17.2 Å². The van der Waals surface area contributed by atoms with Crippen molar-refractivity contribution in [1.29, 1.82) is 5.26 Å². The van der Waals surface area contributed by atoms with Gasteiger partial charge in [0.15, 0.2) is 12.4 Å². The van der Waals surface area contributed by atoms with Gasteiger partial charge in [-0.05, 0) is 88.4 Å². The second kappa shape index (κ2) is 11.7. The normalized spacial score (nSPS) is 16.1. The Hall–Kier alpha value is -3.86. The van der Waals surface area contributed by atoms with Gasteiger partial charge in [0, 0.05) is 17.5 Å². The number of hydrogen-bond acceptors (Lipinski definition) is 6. The SMILES string of the molecule is CC1(C)CC(CC(=O)c2ccc(Oc3cccc(-c4ccc(OCC(=O)O)cc4)c3C#N)c(Cl)c2)CC(C)(C)O1. The molecule has 0 radical (unpaired) electrons. The van der Waals surface area contributed by atoms with Crippen LogP contribution in [0, 0.1) is 17.2 Å². The van der Waals surface area contributed by atoms with Crippen LogP contribution in [-0.2, 0) is 9.53 Å². The van der Waals surface area contributed by atoms with Crippen LogP contribution < -0.4 is 9.47 Å². The molecule has 1 heterocycles. The highest BCUT2D eigenvalue weighted by molar-refractivity contribution is 6.32. The zero-order chi connectivity index (χ0) is 29.1. The molecule has 1 aliphatic rings. The van der Waals surface area contributed by atoms with Crippen molar-refractivity contribution in [3.63, 3.8) is 0 Å². The minimum atomic E-state index is -1.07. The van der Waals surface area contributed by atoms with E-state index in [0.717, 1.165) is 18.4 Å². The molecule has 1 aliphatic heterocycles. The number of carbonyl (C=O) groups excluding carboxylic acids is 1. The average Bonchev–Trinajstić information content (AvgIpc) is 2.87. The topological polar surface area (TPSA) is 106 Å². The van der Waals surface area contributed by atoms with Gasteiger partial charge in [0.2, 0.25) is 0 Å². The van der Waals surface area contributed by atoms with Crippen LogP contribution in [0.1, 0.15) is 62.9 Å². The molecule has 0 unspecified atom stereocenters. The molecule has 0 aromatic heterocycles. The highest BCUT2D eigenvalue weighted by Gasteiger charge is 2.39. The van der Waals surface area contributed by atoms with Gasteiger partial charge in [-0.1, -0.05) is 35.9 Å². The van der Waals surface area contributed by atoms with Crippen molar-refractivity contribution in [2.24, 2.45) is 5.92 Å². The predicted molar refractivity (Wildman–Crippen MR) is 152 cm³/mol. The smallest absolute Gasteiger partial charge is 0.341 e. The van der Waals surface area contributed by atoms with Crippen LogP contribution in [0.2, 0.25) is 5.02 Å². The van der Waals surface area contributed by atoms with Crippen molar-refractivity contribution < 1.29 is 28.9 Å². The van der Waals surface area contributed by atoms with Crippen molar-refractivity contribution in [1.82, 2.24) is 0 Å². The van der Waals surface area contributed by atoms with Gasteiger partial charge in [0.25, 0.3) is 0 Å². The molecule has 0 saturated carbocycles. The molecule has 0 amide bonds. The first-order valence-corrected chi connectivity index (χ1v) is 13.4. The van der Waals surface area contributed by atoms with E-state index >= 15 is 0 Å². The van der Waals surface area contributed by atoms with Crippen LogP contribution in [0.15, 0.2) is 60.7 Å². The molecular formula is C32H32ClNO6. The summed E-state index contributed by atoms with van der Waals surface area (Å²) in [6.07, 6.45) is 2.03. The van der Waals surface area contributed by atoms with E-state index in [1.165, 1.54) is 0 Å². The molecule has 0 aliphatic carbocycles. The molecule has 40 heavy (non-hydrogen) atoms. The molecule has 1 saturated heterocycles. The largest absolute Gasteiger partial charge is 0.482 e. The number of carbonyl (C=O) groups is 2. The molecule has 0 atom stereocenters. The van der Waals surface area contributed by atoms with Gasteiger partial charge >= 0.3 is 5.97 Å². The Balaban J connectivity index is 1.50. The van der Waals surface area contributed by atoms with Gasteiger partial charge in [-0.25, -0.2) is 4.79 Å². The number of benzene rings is 3. The summed E-state index contributed by atoms with van der Waals surface area (Å²) in [4.78, 5) is 23.9. The summed E-state index contributed by atoms with van der Waals surface area (Å²) >= 11 is 6.54. The molecule has 8 heteroatoms. The van der Waals surface area contributed by atoms with E-state index in [2.05, 4.69) is 33.8 Å². The van der Waals surface area contributed by atoms with Gasteiger partial charge in [-0.2, -0.15) is 5.26 Å². The first kappa shape index (κ1) is 29.1. The Bertz CT molecular complexity index is 1440. The molecule has 0 spiro atoms. The van der Waals surface area contributed by atoms with Gasteiger partial charge < -0.3 is 19.3 Å². The quantitative estimate of drug-likeness (QED) is 0.267. The Morgan fingerprint density at radius 1 is 1.02 bits per heavy atom. The lowest BCUT2D eigenvalue weighted by Gasteiger charge is -2.45. The summed E-state index contributed by atoms with van der Waals surface area (Å²) in [7, 11) is 0. The average molecular weight is 562 g/mol. The molecule has 1 fully saturated rings. The van der Waals surface area contributed by atoms with Crippen LogP contribution in [-0.4, -0.2) is 34.7 Å². The number of nitriles is 1. The van der Waals surface area contributed by atoms with E-state index in [9.17, 15) is 14.9 Å². The van der Waals surface area contributed by atoms with Gasteiger partial charge in [-0.3, -0.25) is 4.79 Å². The maximum Gasteiger partial charge on any atom is 0.341 e. The lowest BCUT2D eigenvalue weighted by molar-refractivity contribution is -0.171. The minimum Gasteiger partial charge on any atom is -0.482 e. The first-order valence-electron chi connectivity index (χ1n) is 13.0. The van der Waals surface area contributed by atoms with Crippen molar-refractivity contribution in [3.8, 4) is 34.4 Å². The van der Waals surface area contributed by atoms with E-state index in [4.69, 9.17) is 30.9 Å². The fraction of sp³-hybridized carbons (Fsp3) is 0.344. The Labute approximate surface area is 239 Å². The monoisotopic (exact) mass is 561 g/mol. The molecular weight excluding hydrogens is 530 g/mol. The molecule has 7 nitrogen and oxygen atoms in total. The van der Waals surface area contributed by atoms with Crippen molar-refractivity contribution in [3.05, 3.63) is 76.8 Å². The lowest BCUT2D eigenvalue weighted by atomic mass is 9.78. The Morgan fingerprint density at radius 2 is 1.70 bits per heavy atom. The highest BCUT2D eigenvalue weighted by Crippen LogP contribution is 2.41. The Kier molecular flexibility index (Phi) is 8.53. The number of carboxylic acids is 1. The summed E-state index contributed by atoms with van der Waals surface area (Å²) in [5.41, 5.74) is 1.61. The molecule has 0 bridgehead atoms. The zero-order valence-electron chi connectivity index (χ0n) is 23.0. The molecule has 3 aromatic carbocycles. The number of halogens is 1. The van der Waals surface area contributed by atoms with Gasteiger partial charge in [0.1, 0.15) is 28.9 Å². The molecule has 1 N–H and O–H groups in total. The number of carboxylic acid groups (broad SMARTS) is 1. The number of rotatable bonds is 9. The van der Waals surface area contributed by atoms with Crippen LogP contribution in [0.3, 0.4) is 0 Å². The summed E-state index contributed by atoms with van der Waals surface area (Å²) in [6.45, 7) is 7.80. The summed E-state index contributed by atoms with van der Waals surface area (Å²) in [5.74, 6) is 0.213. The second-order valence-electron chi connectivity index (χ2n) is 11.3. The Morgan fingerprint density at radius 3 is 2.30 bits per heavy atom. The molecule has 4 rings (SSSR count). The first-order chi connectivity index (χ1) is 18.9. The van der Waals surface area contributed by atoms with E-state index in [1.54, 1.807) is 60.7 Å². The highest BCUT2D eigenvalue weighted by atomic mass is 35.5. The second-order valence-corrected chi connectivity index (χ2v) is 11.7. The van der Waals surface area contributed by atoms with E-state index in [1.807, 2.05) is 0 Å². The lowest BCUT2D eigenvalue weighted by Crippen LogP contribution is -2.45. The van der Waals surface area contributed by atoms with E-state index in [-0.39, 0.29) is 27.9 Å². The number of nitrogens with zero attached hydrogens (tertiary/aromatic N) is 1. The zero-order valence-corrected chi connectivity index (χ0v) is 23.7. The number of aliphatic carboxylic acids is 1. The predicted octanol–water partition coefficient (Wildman–Crippen LogP) is 7.69. The summed E-state index contributed by atoms with van der Waals surface area (Å²) in [6, 6.07) is 19.2. The summed E-state index contributed by atoms with van der Waals surface area (Å²) in [5, 5.41) is 19.0.